The Bertz CT molecular complexity index is 3380. The smallest absolute Gasteiger partial charge is 0.164 e. The number of aromatic nitrogens is 4. The van der Waals surface area contributed by atoms with E-state index < -0.39 is 18.1 Å². The molecule has 0 aliphatic heterocycles. The predicted octanol–water partition coefficient (Wildman–Crippen LogP) is 12.7. The van der Waals surface area contributed by atoms with Crippen molar-refractivity contribution < 1.29 is 6.85 Å². The second kappa shape index (κ2) is 11.2. The first-order valence-electron chi connectivity index (χ1n) is 19.0. The van der Waals surface area contributed by atoms with E-state index in [1.165, 1.54) is 15.5 Å². The van der Waals surface area contributed by atoms with Gasteiger partial charge in [-0.1, -0.05) is 96.9 Å². The van der Waals surface area contributed by atoms with Gasteiger partial charge in [-0.2, -0.15) is 0 Å². The highest BCUT2D eigenvalue weighted by Gasteiger charge is 2.17. The Morgan fingerprint density at radius 3 is 1.69 bits per heavy atom. The summed E-state index contributed by atoms with van der Waals surface area (Å²) in [6.07, 6.45) is 0. The fraction of sp³-hybridized carbons (Fsp3) is 0. The van der Waals surface area contributed by atoms with E-state index in [0.29, 0.717) is 11.6 Å². The number of thiophene rings is 2. The molecule has 0 saturated heterocycles. The average molecular weight is 692 g/mol. The number of nitrogens with zero attached hydrogens (tertiary/aromatic N) is 4. The first kappa shape index (κ1) is 24.0. The van der Waals surface area contributed by atoms with Gasteiger partial charge in [-0.15, -0.1) is 22.7 Å². The molecular formula is C45H26N4S2. The molecule has 0 saturated carbocycles. The molecule has 0 N–H and O–H groups in total. The van der Waals surface area contributed by atoms with Gasteiger partial charge in [0.15, 0.2) is 17.5 Å². The molecule has 0 amide bonds. The Morgan fingerprint density at radius 1 is 0.412 bits per heavy atom. The van der Waals surface area contributed by atoms with Crippen LogP contribution in [0.25, 0.3) is 102 Å². The summed E-state index contributed by atoms with van der Waals surface area (Å²) in [5.74, 6) is 0.711. The summed E-state index contributed by atoms with van der Waals surface area (Å²) in [7, 11) is 0. The zero-order valence-corrected chi connectivity index (χ0v) is 28.4. The molecule has 0 spiro atoms. The third kappa shape index (κ3) is 4.54. The molecule has 4 aromatic heterocycles. The van der Waals surface area contributed by atoms with Gasteiger partial charge >= 0.3 is 0 Å². The molecule has 7 aromatic carbocycles. The van der Waals surface area contributed by atoms with E-state index in [-0.39, 0.29) is 23.5 Å². The number of para-hydroxylation sites is 2. The number of fused-ring (bicyclic) bond motifs is 9. The summed E-state index contributed by atoms with van der Waals surface area (Å²) in [4.78, 5) is 14.6. The highest BCUT2D eigenvalue weighted by atomic mass is 32.1. The van der Waals surface area contributed by atoms with Gasteiger partial charge in [0.05, 0.1) is 17.9 Å². The van der Waals surface area contributed by atoms with Crippen LogP contribution < -0.4 is 0 Å². The van der Waals surface area contributed by atoms with E-state index in [1.807, 2.05) is 24.3 Å². The summed E-state index contributed by atoms with van der Waals surface area (Å²) in [5.41, 5.74) is 4.79. The lowest BCUT2D eigenvalue weighted by Crippen LogP contribution is -2.00. The fourth-order valence-corrected chi connectivity index (χ4v) is 9.43. The lowest BCUT2D eigenvalue weighted by molar-refractivity contribution is 1.08. The highest BCUT2D eigenvalue weighted by molar-refractivity contribution is 7.26. The maximum atomic E-state index is 8.76. The van der Waals surface area contributed by atoms with E-state index in [1.54, 1.807) is 22.7 Å². The minimum Gasteiger partial charge on any atom is -0.309 e. The largest absolute Gasteiger partial charge is 0.309 e. The van der Waals surface area contributed by atoms with E-state index >= 15 is 0 Å². The highest BCUT2D eigenvalue weighted by Crippen LogP contribution is 2.40. The van der Waals surface area contributed by atoms with Crippen LogP contribution >= 0.6 is 22.7 Å². The molecule has 11 rings (SSSR count). The van der Waals surface area contributed by atoms with Crippen molar-refractivity contribution in [3.8, 4) is 39.9 Å². The lowest BCUT2D eigenvalue weighted by Gasteiger charge is -2.09. The van der Waals surface area contributed by atoms with Gasteiger partial charge in [-0.25, -0.2) is 15.0 Å². The summed E-state index contributed by atoms with van der Waals surface area (Å²) in [6.45, 7) is 0. The third-order valence-corrected chi connectivity index (χ3v) is 11.8. The van der Waals surface area contributed by atoms with Crippen LogP contribution in [0.3, 0.4) is 0 Å². The van der Waals surface area contributed by atoms with E-state index in [4.69, 9.17) is 21.8 Å². The van der Waals surface area contributed by atoms with Gasteiger partial charge in [0, 0.05) is 73.5 Å². The van der Waals surface area contributed by atoms with Crippen molar-refractivity contribution >= 4 is 84.8 Å². The van der Waals surface area contributed by atoms with Gasteiger partial charge < -0.3 is 4.57 Å². The van der Waals surface area contributed by atoms with Crippen LogP contribution in [0, 0.1) is 0 Å². The Labute approximate surface area is 307 Å². The minimum atomic E-state index is -0.468. The number of rotatable bonds is 4. The van der Waals surface area contributed by atoms with E-state index in [2.05, 4.69) is 108 Å². The molecule has 0 aliphatic carbocycles. The van der Waals surface area contributed by atoms with E-state index in [0.717, 1.165) is 63.5 Å². The molecule has 0 unspecified atom stereocenters. The quantitative estimate of drug-likeness (QED) is 0.184. The molecule has 0 atom stereocenters. The molecule has 4 nitrogen and oxygen atoms in total. The third-order valence-electron chi connectivity index (χ3n) is 9.55. The first-order valence-corrected chi connectivity index (χ1v) is 18.2. The number of benzene rings is 7. The Balaban J connectivity index is 1.09. The second-order valence-electron chi connectivity index (χ2n) is 12.5. The molecule has 11 aromatic rings. The summed E-state index contributed by atoms with van der Waals surface area (Å²) in [5, 5.41) is 6.87. The van der Waals surface area contributed by atoms with Crippen molar-refractivity contribution in [2.75, 3.05) is 0 Å². The van der Waals surface area contributed by atoms with Crippen molar-refractivity contribution in [2.24, 2.45) is 0 Å². The van der Waals surface area contributed by atoms with Crippen LogP contribution in [0.4, 0.5) is 0 Å². The normalized spacial score (nSPS) is 13.3. The zero-order chi connectivity index (χ0) is 37.8. The number of hydrogen-bond acceptors (Lipinski definition) is 5. The van der Waals surface area contributed by atoms with Gasteiger partial charge in [-0.05, 0) is 60.7 Å². The van der Waals surface area contributed by atoms with Gasteiger partial charge in [0.2, 0.25) is 0 Å². The van der Waals surface area contributed by atoms with Gasteiger partial charge in [0.25, 0.3) is 0 Å². The number of hydrogen-bond donors (Lipinski definition) is 0. The second-order valence-corrected chi connectivity index (χ2v) is 14.6. The lowest BCUT2D eigenvalue weighted by atomic mass is 10.1. The SMILES string of the molecule is [2H]c1c([2H])c([2H])c(-c2nc(-c3ccc4c(c3)sc3ccc(-n5c6ccccc6c6ccccc65)cc34)nc(-c3ccc4sc5ccccc5c4c3)n2)c([2H])c1[2H]. The van der Waals surface area contributed by atoms with Crippen LogP contribution in [-0.4, -0.2) is 19.5 Å². The van der Waals surface area contributed by atoms with Crippen LogP contribution in [0.5, 0.6) is 0 Å². The van der Waals surface area contributed by atoms with Gasteiger partial charge in [0.1, 0.15) is 0 Å². The predicted molar refractivity (Wildman–Crippen MR) is 216 cm³/mol. The molecule has 4 heterocycles. The topological polar surface area (TPSA) is 43.6 Å². The average Bonchev–Trinajstić information content (AvgIpc) is 3.91. The van der Waals surface area contributed by atoms with Crippen molar-refractivity contribution in [2.45, 2.75) is 0 Å². The zero-order valence-electron chi connectivity index (χ0n) is 31.7. The fourth-order valence-electron chi connectivity index (χ4n) is 7.22. The Kier molecular flexibility index (Phi) is 5.25. The monoisotopic (exact) mass is 691 g/mol. The molecule has 0 aliphatic rings. The molecule has 0 bridgehead atoms. The Morgan fingerprint density at radius 2 is 0.941 bits per heavy atom. The molecule has 0 fully saturated rings. The Hall–Kier alpha value is -6.21. The van der Waals surface area contributed by atoms with Crippen molar-refractivity contribution in [3.63, 3.8) is 0 Å². The summed E-state index contributed by atoms with van der Waals surface area (Å²) in [6, 6.07) is 42.0. The van der Waals surface area contributed by atoms with Crippen LogP contribution in [-0.2, 0) is 0 Å². The molecular weight excluding hydrogens is 661 g/mol. The molecule has 0 radical (unpaired) electrons. The first-order chi connectivity index (χ1) is 27.3. The maximum Gasteiger partial charge on any atom is 0.164 e. The van der Waals surface area contributed by atoms with Crippen LogP contribution in [0.2, 0.25) is 0 Å². The van der Waals surface area contributed by atoms with Crippen molar-refractivity contribution in [1.82, 2.24) is 19.5 Å². The molecule has 238 valence electrons. The van der Waals surface area contributed by atoms with Crippen LogP contribution in [0.1, 0.15) is 6.85 Å². The molecule has 6 heteroatoms. The minimum absolute atomic E-state index is 0.0181. The van der Waals surface area contributed by atoms with E-state index in [9.17, 15) is 0 Å². The molecule has 51 heavy (non-hydrogen) atoms. The standard InChI is InChI=1S/C45H26N4S2/c1-2-10-27(11-3-1)43-46-44(28-19-22-40-35(24-28)33-14-6-9-17-39(33)50-40)48-45(47-43)29-18-21-34-36-26-30(20-23-41(36)51-42(34)25-29)49-37-15-7-4-12-31(37)32-13-5-8-16-38(32)49/h1-26H/i1D,2D,3D,10D,11D. The summed E-state index contributed by atoms with van der Waals surface area (Å²) < 4.78 is 49.3. The van der Waals surface area contributed by atoms with Crippen LogP contribution in [0.15, 0.2) is 158 Å². The van der Waals surface area contributed by atoms with Crippen molar-refractivity contribution in [1.29, 1.82) is 0 Å². The summed E-state index contributed by atoms with van der Waals surface area (Å²) >= 11 is 3.40. The van der Waals surface area contributed by atoms with Crippen molar-refractivity contribution in [3.05, 3.63) is 158 Å². The van der Waals surface area contributed by atoms with Gasteiger partial charge in [-0.3, -0.25) is 0 Å². The maximum absolute atomic E-state index is 8.76.